The van der Waals surface area contributed by atoms with Gasteiger partial charge in [-0.25, -0.2) is 9.18 Å². The quantitative estimate of drug-likeness (QED) is 0.152. The Bertz CT molecular complexity index is 1790. The van der Waals surface area contributed by atoms with Gasteiger partial charge in [0, 0.05) is 38.9 Å². The van der Waals surface area contributed by atoms with Crippen LogP contribution in [0.3, 0.4) is 0 Å². The van der Waals surface area contributed by atoms with Gasteiger partial charge in [-0.2, -0.15) is 0 Å². The molecule has 1 fully saturated rings. The van der Waals surface area contributed by atoms with Crippen LogP contribution in [0.5, 0.6) is 0 Å². The first-order valence-corrected chi connectivity index (χ1v) is 14.8. The van der Waals surface area contributed by atoms with Gasteiger partial charge >= 0.3 is 5.97 Å². The van der Waals surface area contributed by atoms with Crippen LogP contribution in [0.15, 0.2) is 71.8 Å². The highest BCUT2D eigenvalue weighted by molar-refractivity contribution is 8.18. The van der Waals surface area contributed by atoms with E-state index in [1.807, 2.05) is 35.8 Å². The number of anilines is 1. The Balaban J connectivity index is 1.33. The van der Waals surface area contributed by atoms with E-state index < -0.39 is 35.4 Å². The summed E-state index contributed by atoms with van der Waals surface area (Å²) in [6, 6.07) is 16.2. The average molecular weight is 641 g/mol. The van der Waals surface area contributed by atoms with E-state index in [2.05, 4.69) is 5.32 Å². The van der Waals surface area contributed by atoms with Crippen molar-refractivity contribution >= 4 is 80.7 Å². The smallest absolute Gasteiger partial charge is 0.339 e. The molecular formula is C31H24Cl2FN3O5S. The van der Waals surface area contributed by atoms with E-state index in [1.165, 1.54) is 30.3 Å². The number of hydrogen-bond acceptors (Lipinski definition) is 6. The molecule has 1 aliphatic heterocycles. The zero-order valence-electron chi connectivity index (χ0n) is 22.7. The molecule has 1 aliphatic rings. The third-order valence-corrected chi connectivity index (χ3v) is 8.17. The molecule has 3 amide bonds. The number of benzene rings is 3. The fourth-order valence-electron chi connectivity index (χ4n) is 4.53. The Kier molecular flexibility index (Phi) is 9.19. The first-order valence-electron chi connectivity index (χ1n) is 13.2. The predicted octanol–water partition coefficient (Wildman–Crippen LogP) is 7.38. The molecule has 0 aliphatic carbocycles. The molecule has 8 nitrogen and oxygen atoms in total. The average Bonchev–Trinajstić information content (AvgIpc) is 3.46. The Morgan fingerprint density at radius 3 is 2.60 bits per heavy atom. The molecule has 0 spiro atoms. The molecule has 0 unspecified atom stereocenters. The van der Waals surface area contributed by atoms with Crippen LogP contribution in [-0.2, 0) is 20.9 Å². The second kappa shape index (κ2) is 13.0. The van der Waals surface area contributed by atoms with Gasteiger partial charge in [-0.3, -0.25) is 19.3 Å². The molecule has 0 radical (unpaired) electrons. The zero-order chi connectivity index (χ0) is 30.7. The summed E-state index contributed by atoms with van der Waals surface area (Å²) in [5, 5.41) is 3.23. The van der Waals surface area contributed by atoms with Crippen molar-refractivity contribution in [1.29, 1.82) is 0 Å². The molecular weight excluding hydrogens is 616 g/mol. The van der Waals surface area contributed by atoms with E-state index >= 15 is 0 Å². The van der Waals surface area contributed by atoms with Crippen molar-refractivity contribution < 1.29 is 28.3 Å². The number of halogens is 3. The van der Waals surface area contributed by atoms with Crippen LogP contribution in [0.4, 0.5) is 14.9 Å². The summed E-state index contributed by atoms with van der Waals surface area (Å²) in [5.74, 6) is -2.33. The van der Waals surface area contributed by atoms with Gasteiger partial charge < -0.3 is 14.6 Å². The lowest BCUT2D eigenvalue weighted by Gasteiger charge is -2.13. The molecule has 3 aromatic carbocycles. The lowest BCUT2D eigenvalue weighted by atomic mass is 10.1. The van der Waals surface area contributed by atoms with Gasteiger partial charge in [-0.1, -0.05) is 54.4 Å². The van der Waals surface area contributed by atoms with E-state index in [0.717, 1.165) is 27.6 Å². The third-order valence-electron chi connectivity index (χ3n) is 6.58. The normalized spacial score (nSPS) is 14.1. The summed E-state index contributed by atoms with van der Waals surface area (Å²) in [6.07, 6.45) is 3.98. The largest absolute Gasteiger partial charge is 0.462 e. The van der Waals surface area contributed by atoms with Crippen molar-refractivity contribution in [3.8, 4) is 0 Å². The Labute approximate surface area is 260 Å². The highest BCUT2D eigenvalue weighted by Crippen LogP contribution is 2.35. The van der Waals surface area contributed by atoms with E-state index in [0.29, 0.717) is 22.6 Å². The number of amides is 3. The zero-order valence-corrected chi connectivity index (χ0v) is 25.1. The number of nitrogens with one attached hydrogen (secondary N) is 1. The third kappa shape index (κ3) is 6.61. The summed E-state index contributed by atoms with van der Waals surface area (Å²) in [7, 11) is 0. The highest BCUT2D eigenvalue weighted by atomic mass is 35.5. The van der Waals surface area contributed by atoms with Crippen LogP contribution in [0.2, 0.25) is 10.0 Å². The van der Waals surface area contributed by atoms with Crippen LogP contribution in [-0.4, -0.2) is 45.6 Å². The molecule has 1 saturated heterocycles. The summed E-state index contributed by atoms with van der Waals surface area (Å²) in [5.41, 5.74) is 2.09. The van der Waals surface area contributed by atoms with E-state index in [9.17, 15) is 23.6 Å². The molecule has 4 aromatic rings. The predicted molar refractivity (Wildman–Crippen MR) is 166 cm³/mol. The number of aromatic nitrogens is 1. The van der Waals surface area contributed by atoms with Crippen molar-refractivity contribution in [2.75, 3.05) is 18.5 Å². The summed E-state index contributed by atoms with van der Waals surface area (Å²) < 4.78 is 21.4. The second-order valence-electron chi connectivity index (χ2n) is 9.58. The van der Waals surface area contributed by atoms with E-state index in [4.69, 9.17) is 27.9 Å². The Morgan fingerprint density at radius 1 is 1.05 bits per heavy atom. The highest BCUT2D eigenvalue weighted by Gasteiger charge is 2.36. The van der Waals surface area contributed by atoms with Crippen LogP contribution < -0.4 is 5.32 Å². The minimum Gasteiger partial charge on any atom is -0.462 e. The maximum Gasteiger partial charge on any atom is 0.339 e. The minimum absolute atomic E-state index is 0.0819. The number of ether oxygens (including phenoxy) is 1. The topological polar surface area (TPSA) is 97.7 Å². The van der Waals surface area contributed by atoms with Gasteiger partial charge in [0.05, 0.1) is 28.6 Å². The molecule has 0 atom stereocenters. The SMILES string of the molecule is CCCOC(=O)c1cc(NC(=O)CN2C(=O)S/C(=C/c3cn(Cc4c(F)cccc4Cl)c4ccccc34)C2=O)ccc1Cl. The first-order chi connectivity index (χ1) is 20.7. The number of carbonyl (C=O) groups excluding carboxylic acids is 4. The van der Waals surface area contributed by atoms with Crippen molar-refractivity contribution in [3.63, 3.8) is 0 Å². The van der Waals surface area contributed by atoms with Crippen LogP contribution >= 0.6 is 35.0 Å². The van der Waals surface area contributed by atoms with Gasteiger partial charge in [0.25, 0.3) is 11.1 Å². The van der Waals surface area contributed by atoms with Gasteiger partial charge in [0.1, 0.15) is 12.4 Å². The Hall–Kier alpha value is -4.12. The molecule has 43 heavy (non-hydrogen) atoms. The number of thioether (sulfide) groups is 1. The van der Waals surface area contributed by atoms with Crippen LogP contribution in [0.25, 0.3) is 17.0 Å². The number of fused-ring (bicyclic) bond motifs is 1. The molecule has 1 N–H and O–H groups in total. The monoisotopic (exact) mass is 639 g/mol. The number of para-hydroxylation sites is 1. The number of nitrogens with zero attached hydrogens (tertiary/aromatic N) is 2. The molecule has 2 heterocycles. The fraction of sp³-hybridized carbons (Fsp3) is 0.161. The van der Waals surface area contributed by atoms with Gasteiger partial charge in [-0.05, 0) is 60.7 Å². The van der Waals surface area contributed by atoms with E-state index in [-0.39, 0.29) is 34.3 Å². The van der Waals surface area contributed by atoms with E-state index in [1.54, 1.807) is 18.3 Å². The minimum atomic E-state index is -0.642. The lowest BCUT2D eigenvalue weighted by Crippen LogP contribution is -2.36. The van der Waals surface area contributed by atoms with Crippen molar-refractivity contribution in [3.05, 3.63) is 104 Å². The van der Waals surface area contributed by atoms with Gasteiger partial charge in [-0.15, -0.1) is 0 Å². The number of esters is 1. The molecule has 12 heteroatoms. The standard InChI is InChI=1S/C31H24Cl2FN3O5S/c1-2-12-42-30(40)21-14-19(10-11-24(21)33)35-28(38)17-37-29(39)27(43-31(37)41)13-18-15-36(26-9-4-3-6-20(18)26)16-22-23(32)7-5-8-25(22)34/h3-11,13-15H,2,12,16-17H2,1H3,(H,35,38)/b27-13+. The summed E-state index contributed by atoms with van der Waals surface area (Å²) in [6.45, 7) is 1.70. The second-order valence-corrected chi connectivity index (χ2v) is 11.4. The first kappa shape index (κ1) is 30.3. The lowest BCUT2D eigenvalue weighted by molar-refractivity contribution is -0.127. The van der Waals surface area contributed by atoms with Crippen molar-refractivity contribution in [2.24, 2.45) is 0 Å². The number of rotatable bonds is 9. The summed E-state index contributed by atoms with van der Waals surface area (Å²) >= 11 is 13.1. The van der Waals surface area contributed by atoms with Gasteiger partial charge in [0.15, 0.2) is 0 Å². The number of imide groups is 1. The van der Waals surface area contributed by atoms with Crippen LogP contribution in [0.1, 0.15) is 34.8 Å². The van der Waals surface area contributed by atoms with Gasteiger partial charge in [0.2, 0.25) is 5.91 Å². The van der Waals surface area contributed by atoms with Crippen molar-refractivity contribution in [1.82, 2.24) is 9.47 Å². The summed E-state index contributed by atoms with van der Waals surface area (Å²) in [4.78, 5) is 52.0. The number of carbonyl (C=O) groups is 4. The molecule has 220 valence electrons. The number of hydrogen-bond donors (Lipinski definition) is 1. The Morgan fingerprint density at radius 2 is 1.84 bits per heavy atom. The fourth-order valence-corrected chi connectivity index (χ4v) is 5.78. The molecule has 0 bridgehead atoms. The molecule has 5 rings (SSSR count). The van der Waals surface area contributed by atoms with Crippen LogP contribution in [0, 0.1) is 5.82 Å². The van der Waals surface area contributed by atoms with Crippen molar-refractivity contribution in [2.45, 2.75) is 19.9 Å². The molecule has 1 aromatic heterocycles. The molecule has 0 saturated carbocycles. The maximum atomic E-state index is 14.5. The maximum absolute atomic E-state index is 14.5.